The highest BCUT2D eigenvalue weighted by atomic mass is 32.2. The topological polar surface area (TPSA) is 72.7 Å². The second kappa shape index (κ2) is 7.82. The van der Waals surface area contributed by atoms with Gasteiger partial charge >= 0.3 is 0 Å². The molecule has 4 rings (SSSR count). The van der Waals surface area contributed by atoms with Gasteiger partial charge in [-0.3, -0.25) is 4.79 Å². The molecule has 4 aromatic rings. The molecule has 0 saturated carbocycles. The number of hydrogen-bond acceptors (Lipinski definition) is 5. The second-order valence-electron chi connectivity index (χ2n) is 6.46. The van der Waals surface area contributed by atoms with E-state index in [0.717, 1.165) is 33.0 Å². The molecule has 0 saturated heterocycles. The third-order valence-electron chi connectivity index (χ3n) is 4.37. The van der Waals surface area contributed by atoms with Crippen LogP contribution in [0.5, 0.6) is 0 Å². The van der Waals surface area contributed by atoms with E-state index in [1.165, 1.54) is 23.7 Å². The maximum atomic E-state index is 12.3. The van der Waals surface area contributed by atoms with Crippen molar-refractivity contribution < 1.29 is 4.79 Å². The normalized spacial score (nSPS) is 10.9. The summed E-state index contributed by atoms with van der Waals surface area (Å²) in [5.41, 5.74) is 4.71. The Hall–Kier alpha value is -3.19. The van der Waals surface area contributed by atoms with Gasteiger partial charge in [-0.15, -0.1) is 0 Å². The van der Waals surface area contributed by atoms with E-state index in [0.29, 0.717) is 0 Å². The minimum atomic E-state index is -0.0722. The molecule has 0 bridgehead atoms. The number of carbonyl (C=O) groups excluding carboxylic acids is 1. The SMILES string of the molecule is Cc1ccc(-n2ncc3c(SCC(=O)Nc4ccccc4C)ncnc32)cc1. The maximum Gasteiger partial charge on any atom is 0.234 e. The zero-order chi connectivity index (χ0) is 19.5. The van der Waals surface area contributed by atoms with Crippen molar-refractivity contribution >= 4 is 34.4 Å². The number of fused-ring (bicyclic) bond motifs is 1. The molecule has 0 radical (unpaired) electrons. The van der Waals surface area contributed by atoms with Gasteiger partial charge in [-0.2, -0.15) is 5.10 Å². The average molecular weight is 389 g/mol. The third-order valence-corrected chi connectivity index (χ3v) is 5.37. The number of rotatable bonds is 5. The molecule has 7 heteroatoms. The largest absolute Gasteiger partial charge is 0.325 e. The Labute approximate surface area is 167 Å². The lowest BCUT2D eigenvalue weighted by atomic mass is 10.2. The Balaban J connectivity index is 1.52. The summed E-state index contributed by atoms with van der Waals surface area (Å²) < 4.78 is 1.79. The van der Waals surface area contributed by atoms with Gasteiger partial charge in [0.15, 0.2) is 5.65 Å². The lowest BCUT2D eigenvalue weighted by molar-refractivity contribution is -0.113. The van der Waals surface area contributed by atoms with Gasteiger partial charge in [0.2, 0.25) is 5.91 Å². The lowest BCUT2D eigenvalue weighted by Gasteiger charge is -2.08. The monoisotopic (exact) mass is 389 g/mol. The average Bonchev–Trinajstić information content (AvgIpc) is 3.13. The molecule has 2 aromatic heterocycles. The smallest absolute Gasteiger partial charge is 0.234 e. The van der Waals surface area contributed by atoms with E-state index >= 15 is 0 Å². The van der Waals surface area contributed by atoms with E-state index in [9.17, 15) is 4.79 Å². The summed E-state index contributed by atoms with van der Waals surface area (Å²) in [5.74, 6) is 0.188. The van der Waals surface area contributed by atoms with Crippen LogP contribution in [-0.2, 0) is 4.79 Å². The highest BCUT2D eigenvalue weighted by molar-refractivity contribution is 8.00. The zero-order valence-electron chi connectivity index (χ0n) is 15.6. The van der Waals surface area contributed by atoms with Crippen molar-refractivity contribution in [2.75, 3.05) is 11.1 Å². The van der Waals surface area contributed by atoms with Crippen LogP contribution >= 0.6 is 11.8 Å². The summed E-state index contributed by atoms with van der Waals surface area (Å²) in [6.07, 6.45) is 3.26. The summed E-state index contributed by atoms with van der Waals surface area (Å²) in [6, 6.07) is 15.8. The summed E-state index contributed by atoms with van der Waals surface area (Å²) in [7, 11) is 0. The number of para-hydroxylation sites is 1. The number of benzene rings is 2. The van der Waals surface area contributed by atoms with Gasteiger partial charge in [-0.1, -0.05) is 47.7 Å². The minimum Gasteiger partial charge on any atom is -0.325 e. The van der Waals surface area contributed by atoms with Gasteiger partial charge in [0, 0.05) is 5.69 Å². The Morgan fingerprint density at radius 3 is 2.64 bits per heavy atom. The van der Waals surface area contributed by atoms with E-state index in [1.807, 2.05) is 62.4 Å². The molecule has 1 amide bonds. The number of nitrogens with zero attached hydrogens (tertiary/aromatic N) is 4. The predicted octanol–water partition coefficient (Wildman–Crippen LogP) is 4.16. The Morgan fingerprint density at radius 1 is 1.07 bits per heavy atom. The van der Waals surface area contributed by atoms with Crippen LogP contribution in [0.25, 0.3) is 16.7 Å². The summed E-state index contributed by atoms with van der Waals surface area (Å²) in [5, 5.41) is 8.97. The van der Waals surface area contributed by atoms with Crippen LogP contribution in [0.2, 0.25) is 0 Å². The molecule has 1 N–H and O–H groups in total. The van der Waals surface area contributed by atoms with Crippen molar-refractivity contribution in [3.8, 4) is 5.69 Å². The van der Waals surface area contributed by atoms with Gasteiger partial charge < -0.3 is 5.32 Å². The number of amides is 1. The molecule has 0 unspecified atom stereocenters. The number of hydrogen-bond donors (Lipinski definition) is 1. The molecule has 140 valence electrons. The van der Waals surface area contributed by atoms with Crippen molar-refractivity contribution in [3.05, 3.63) is 72.2 Å². The van der Waals surface area contributed by atoms with Crippen LogP contribution in [0.4, 0.5) is 5.69 Å². The van der Waals surface area contributed by atoms with Crippen LogP contribution < -0.4 is 5.32 Å². The van der Waals surface area contributed by atoms with Crippen molar-refractivity contribution in [2.45, 2.75) is 18.9 Å². The Kier molecular flexibility index (Phi) is 5.08. The number of aromatic nitrogens is 4. The number of thioether (sulfide) groups is 1. The highest BCUT2D eigenvalue weighted by Crippen LogP contribution is 2.26. The fourth-order valence-corrected chi connectivity index (χ4v) is 3.61. The van der Waals surface area contributed by atoms with Gasteiger partial charge in [0.25, 0.3) is 0 Å². The van der Waals surface area contributed by atoms with Crippen LogP contribution in [0, 0.1) is 13.8 Å². The predicted molar refractivity (Wildman–Crippen MR) is 112 cm³/mol. The second-order valence-corrected chi connectivity index (χ2v) is 7.42. The van der Waals surface area contributed by atoms with Crippen LogP contribution in [0.1, 0.15) is 11.1 Å². The summed E-state index contributed by atoms with van der Waals surface area (Å²) in [4.78, 5) is 21.1. The van der Waals surface area contributed by atoms with Gasteiger partial charge in [0.1, 0.15) is 11.4 Å². The van der Waals surface area contributed by atoms with Crippen LogP contribution in [0.3, 0.4) is 0 Å². The molecule has 0 aliphatic rings. The van der Waals surface area contributed by atoms with E-state index < -0.39 is 0 Å². The van der Waals surface area contributed by atoms with E-state index in [4.69, 9.17) is 0 Å². The van der Waals surface area contributed by atoms with Gasteiger partial charge in [-0.25, -0.2) is 14.6 Å². The van der Waals surface area contributed by atoms with E-state index in [1.54, 1.807) is 10.9 Å². The van der Waals surface area contributed by atoms with Gasteiger partial charge in [-0.05, 0) is 37.6 Å². The lowest BCUT2D eigenvalue weighted by Crippen LogP contribution is -2.14. The first-order valence-electron chi connectivity index (χ1n) is 8.86. The first-order chi connectivity index (χ1) is 13.6. The fraction of sp³-hybridized carbons (Fsp3) is 0.143. The quantitative estimate of drug-likeness (QED) is 0.410. The highest BCUT2D eigenvalue weighted by Gasteiger charge is 2.13. The van der Waals surface area contributed by atoms with E-state index in [-0.39, 0.29) is 11.7 Å². The Bertz CT molecular complexity index is 1140. The first-order valence-corrected chi connectivity index (χ1v) is 9.84. The molecule has 28 heavy (non-hydrogen) atoms. The van der Waals surface area contributed by atoms with E-state index in [2.05, 4.69) is 20.4 Å². The molecule has 0 aliphatic carbocycles. The molecule has 0 spiro atoms. The molecular weight excluding hydrogens is 370 g/mol. The van der Waals surface area contributed by atoms with Crippen molar-refractivity contribution in [2.24, 2.45) is 0 Å². The first kappa shape index (κ1) is 18.2. The maximum absolute atomic E-state index is 12.3. The molecule has 0 aliphatic heterocycles. The molecule has 0 fully saturated rings. The zero-order valence-corrected chi connectivity index (χ0v) is 16.4. The van der Waals surface area contributed by atoms with Crippen molar-refractivity contribution in [3.63, 3.8) is 0 Å². The molecule has 6 nitrogen and oxygen atoms in total. The van der Waals surface area contributed by atoms with Crippen LogP contribution in [0.15, 0.2) is 66.1 Å². The van der Waals surface area contributed by atoms with Crippen LogP contribution in [-0.4, -0.2) is 31.4 Å². The number of carbonyl (C=O) groups is 1. The summed E-state index contributed by atoms with van der Waals surface area (Å²) >= 11 is 1.38. The standard InChI is InChI=1S/C21H19N5OS/c1-14-7-9-16(10-8-14)26-20-17(11-24-26)21(23-13-22-20)28-12-19(27)25-18-6-4-3-5-15(18)2/h3-11,13H,12H2,1-2H3,(H,25,27). The van der Waals surface area contributed by atoms with Crippen molar-refractivity contribution in [1.29, 1.82) is 0 Å². The van der Waals surface area contributed by atoms with Crippen molar-refractivity contribution in [1.82, 2.24) is 19.7 Å². The summed E-state index contributed by atoms with van der Waals surface area (Å²) in [6.45, 7) is 4.01. The Morgan fingerprint density at radius 2 is 1.86 bits per heavy atom. The molecule has 2 heterocycles. The molecular formula is C21H19N5OS. The number of aryl methyl sites for hydroxylation is 2. The molecule has 0 atom stereocenters. The third kappa shape index (κ3) is 3.75. The number of anilines is 1. The fourth-order valence-electron chi connectivity index (χ4n) is 2.85. The number of nitrogens with one attached hydrogen (secondary N) is 1. The minimum absolute atomic E-state index is 0.0722. The molecule has 2 aromatic carbocycles. The van der Waals surface area contributed by atoms with Gasteiger partial charge in [0.05, 0.1) is 23.0 Å².